The minimum Gasteiger partial charge on any atom is -0.345 e. The molecule has 1 aromatic carbocycles. The summed E-state index contributed by atoms with van der Waals surface area (Å²) in [4.78, 5) is 16.8. The highest BCUT2D eigenvalue weighted by Gasteiger charge is 2.12. The van der Waals surface area contributed by atoms with Crippen molar-refractivity contribution in [2.24, 2.45) is 7.05 Å². The van der Waals surface area contributed by atoms with Crippen LogP contribution in [0.5, 0.6) is 0 Å². The van der Waals surface area contributed by atoms with Crippen molar-refractivity contribution >= 4 is 29.0 Å². The summed E-state index contributed by atoms with van der Waals surface area (Å²) in [5, 5.41) is 10.5. The summed E-state index contributed by atoms with van der Waals surface area (Å²) >= 11 is 5.04. The number of nitrogens with zero attached hydrogens (tertiary/aromatic N) is 3. The number of pyridine rings is 1. The number of nitrogens with one attached hydrogen (secondary N) is 2. The van der Waals surface area contributed by atoms with Crippen molar-refractivity contribution < 1.29 is 4.79 Å². The van der Waals surface area contributed by atoms with Gasteiger partial charge in [-0.05, 0) is 31.3 Å². The van der Waals surface area contributed by atoms with Crippen molar-refractivity contribution in [1.82, 2.24) is 25.1 Å². The van der Waals surface area contributed by atoms with E-state index in [4.69, 9.17) is 12.2 Å². The van der Waals surface area contributed by atoms with E-state index >= 15 is 0 Å². The molecule has 3 rings (SSSR count). The molecule has 0 aliphatic rings. The third-order valence-electron chi connectivity index (χ3n) is 3.54. The molecule has 2 heterocycles. The van der Waals surface area contributed by atoms with E-state index in [2.05, 4.69) is 20.5 Å². The SMILES string of the molecule is Cc1nc2ccccc2cc1C(=O)NCc1n[nH]c(=S)n1C. The molecular formula is C15H15N5OS. The number of para-hydroxylation sites is 1. The van der Waals surface area contributed by atoms with Crippen molar-refractivity contribution in [2.75, 3.05) is 0 Å². The molecule has 0 saturated heterocycles. The van der Waals surface area contributed by atoms with E-state index in [0.29, 0.717) is 28.4 Å². The highest BCUT2D eigenvalue weighted by Crippen LogP contribution is 2.16. The number of hydrogen-bond acceptors (Lipinski definition) is 4. The number of aromatic nitrogens is 4. The minimum atomic E-state index is -0.176. The molecule has 2 aromatic heterocycles. The minimum absolute atomic E-state index is 0.176. The molecule has 0 atom stereocenters. The third kappa shape index (κ3) is 2.62. The van der Waals surface area contributed by atoms with Crippen LogP contribution in [0.1, 0.15) is 21.9 Å². The second-order valence-electron chi connectivity index (χ2n) is 5.00. The average Bonchev–Trinajstić information content (AvgIpc) is 2.83. The monoisotopic (exact) mass is 313 g/mol. The first-order valence-electron chi connectivity index (χ1n) is 6.81. The van der Waals surface area contributed by atoms with Crippen LogP contribution in [0.2, 0.25) is 0 Å². The lowest BCUT2D eigenvalue weighted by molar-refractivity contribution is 0.0948. The Labute approximate surface area is 132 Å². The van der Waals surface area contributed by atoms with Gasteiger partial charge in [-0.15, -0.1) is 0 Å². The third-order valence-corrected chi connectivity index (χ3v) is 3.90. The molecule has 3 aromatic rings. The number of hydrogen-bond donors (Lipinski definition) is 2. The average molecular weight is 313 g/mol. The molecule has 1 amide bonds. The van der Waals surface area contributed by atoms with Crippen molar-refractivity contribution in [2.45, 2.75) is 13.5 Å². The zero-order chi connectivity index (χ0) is 15.7. The maximum absolute atomic E-state index is 12.4. The number of rotatable bonds is 3. The van der Waals surface area contributed by atoms with E-state index in [1.54, 1.807) is 11.6 Å². The number of amides is 1. The first-order chi connectivity index (χ1) is 10.6. The highest BCUT2D eigenvalue weighted by molar-refractivity contribution is 7.71. The lowest BCUT2D eigenvalue weighted by atomic mass is 10.1. The first kappa shape index (κ1) is 14.4. The number of benzene rings is 1. The maximum atomic E-state index is 12.4. The molecule has 0 fully saturated rings. The zero-order valence-electron chi connectivity index (χ0n) is 12.3. The smallest absolute Gasteiger partial charge is 0.253 e. The number of aromatic amines is 1. The number of aryl methyl sites for hydroxylation is 1. The van der Waals surface area contributed by atoms with Crippen molar-refractivity contribution in [3.05, 3.63) is 52.2 Å². The van der Waals surface area contributed by atoms with Gasteiger partial charge in [-0.2, -0.15) is 5.10 Å². The fourth-order valence-corrected chi connectivity index (χ4v) is 2.39. The van der Waals surface area contributed by atoms with E-state index in [1.165, 1.54) is 0 Å². The Bertz CT molecular complexity index is 912. The quantitative estimate of drug-likeness (QED) is 0.727. The van der Waals surface area contributed by atoms with Gasteiger partial charge in [0.2, 0.25) is 0 Å². The molecule has 112 valence electrons. The van der Waals surface area contributed by atoms with Gasteiger partial charge in [-0.1, -0.05) is 18.2 Å². The fourth-order valence-electron chi connectivity index (χ4n) is 2.23. The van der Waals surface area contributed by atoms with Gasteiger partial charge >= 0.3 is 0 Å². The van der Waals surface area contributed by atoms with E-state index in [9.17, 15) is 4.79 Å². The molecule has 0 bridgehead atoms. The lowest BCUT2D eigenvalue weighted by Crippen LogP contribution is -2.25. The summed E-state index contributed by atoms with van der Waals surface area (Å²) in [5.41, 5.74) is 2.15. The summed E-state index contributed by atoms with van der Waals surface area (Å²) in [6.45, 7) is 2.13. The van der Waals surface area contributed by atoms with Crippen molar-refractivity contribution in [3.63, 3.8) is 0 Å². The Morgan fingerprint density at radius 2 is 2.18 bits per heavy atom. The highest BCUT2D eigenvalue weighted by atomic mass is 32.1. The zero-order valence-corrected chi connectivity index (χ0v) is 13.1. The van der Waals surface area contributed by atoms with Crippen LogP contribution in [-0.2, 0) is 13.6 Å². The van der Waals surface area contributed by atoms with Gasteiger partial charge in [0, 0.05) is 12.4 Å². The van der Waals surface area contributed by atoms with Gasteiger partial charge in [0.15, 0.2) is 10.6 Å². The molecule has 2 N–H and O–H groups in total. The molecule has 0 unspecified atom stereocenters. The topological polar surface area (TPSA) is 75.6 Å². The van der Waals surface area contributed by atoms with Gasteiger partial charge < -0.3 is 9.88 Å². The molecule has 22 heavy (non-hydrogen) atoms. The molecule has 0 aliphatic heterocycles. The fraction of sp³-hybridized carbons (Fsp3) is 0.200. The largest absolute Gasteiger partial charge is 0.345 e. The normalized spacial score (nSPS) is 10.8. The first-order valence-corrected chi connectivity index (χ1v) is 7.22. The number of carbonyl (C=O) groups excluding carboxylic acids is 1. The molecule has 0 saturated carbocycles. The second kappa shape index (κ2) is 5.69. The van der Waals surface area contributed by atoms with Crippen LogP contribution >= 0.6 is 12.2 Å². The summed E-state index contributed by atoms with van der Waals surface area (Å²) in [5.74, 6) is 0.495. The Hall–Kier alpha value is -2.54. The predicted octanol–water partition coefficient (Wildman–Crippen LogP) is 2.26. The van der Waals surface area contributed by atoms with Crippen molar-refractivity contribution in [3.8, 4) is 0 Å². The summed E-state index contributed by atoms with van der Waals surface area (Å²) in [7, 11) is 1.80. The Morgan fingerprint density at radius 1 is 1.41 bits per heavy atom. The molecular weight excluding hydrogens is 298 g/mol. The number of fused-ring (bicyclic) bond motifs is 1. The summed E-state index contributed by atoms with van der Waals surface area (Å²) in [6.07, 6.45) is 0. The Balaban J connectivity index is 1.84. The van der Waals surface area contributed by atoms with E-state index in [1.807, 2.05) is 37.3 Å². The predicted molar refractivity (Wildman–Crippen MR) is 86.0 cm³/mol. The molecule has 0 aliphatic carbocycles. The Morgan fingerprint density at radius 3 is 2.91 bits per heavy atom. The van der Waals surface area contributed by atoms with Crippen LogP contribution in [0.4, 0.5) is 0 Å². The number of carbonyl (C=O) groups is 1. The van der Waals surface area contributed by atoms with Crippen LogP contribution in [0.3, 0.4) is 0 Å². The van der Waals surface area contributed by atoms with Crippen LogP contribution in [0.25, 0.3) is 10.9 Å². The van der Waals surface area contributed by atoms with Crippen molar-refractivity contribution in [1.29, 1.82) is 0 Å². The van der Waals surface area contributed by atoms with Gasteiger partial charge in [0.25, 0.3) is 5.91 Å². The van der Waals surface area contributed by atoms with Gasteiger partial charge in [-0.3, -0.25) is 14.9 Å². The van der Waals surface area contributed by atoms with Gasteiger partial charge in [0.05, 0.1) is 23.3 Å². The summed E-state index contributed by atoms with van der Waals surface area (Å²) < 4.78 is 2.24. The maximum Gasteiger partial charge on any atom is 0.253 e. The van der Waals surface area contributed by atoms with Crippen LogP contribution in [0, 0.1) is 11.7 Å². The second-order valence-corrected chi connectivity index (χ2v) is 5.39. The Kier molecular flexibility index (Phi) is 3.72. The van der Waals surface area contributed by atoms with Crippen LogP contribution < -0.4 is 5.32 Å². The molecule has 0 radical (unpaired) electrons. The summed E-state index contributed by atoms with van der Waals surface area (Å²) in [6, 6.07) is 9.58. The molecule has 0 spiro atoms. The number of H-pyrrole nitrogens is 1. The van der Waals surface area contributed by atoms with Gasteiger partial charge in [0.1, 0.15) is 0 Å². The standard InChI is InChI=1S/C15H15N5OS/c1-9-11(7-10-5-3-4-6-12(10)17-9)14(21)16-8-13-18-19-15(22)20(13)2/h3-7H,8H2,1-2H3,(H,16,21)(H,19,22). The van der Waals surface area contributed by atoms with E-state index in [-0.39, 0.29) is 5.91 Å². The van der Waals surface area contributed by atoms with Crippen LogP contribution in [0.15, 0.2) is 30.3 Å². The molecule has 7 heteroatoms. The van der Waals surface area contributed by atoms with E-state index < -0.39 is 0 Å². The lowest BCUT2D eigenvalue weighted by Gasteiger charge is -2.08. The van der Waals surface area contributed by atoms with E-state index in [0.717, 1.165) is 10.9 Å². The van der Waals surface area contributed by atoms with Crippen LogP contribution in [-0.4, -0.2) is 25.7 Å². The molecule has 6 nitrogen and oxygen atoms in total. The van der Waals surface area contributed by atoms with Gasteiger partial charge in [-0.25, -0.2) is 0 Å².